The molecule has 0 amide bonds. The van der Waals surface area contributed by atoms with Gasteiger partial charge in [-0.05, 0) is 45.2 Å². The van der Waals surface area contributed by atoms with Gasteiger partial charge in [-0.1, -0.05) is 0 Å². The molecule has 0 bridgehead atoms. The molecule has 0 aliphatic carbocycles. The molecule has 0 aliphatic heterocycles. The van der Waals surface area contributed by atoms with E-state index in [2.05, 4.69) is 16.9 Å². The van der Waals surface area contributed by atoms with Gasteiger partial charge in [-0.15, -0.1) is 0 Å². The molecule has 1 aromatic heterocycles. The molecule has 0 radical (unpaired) electrons. The van der Waals surface area contributed by atoms with Gasteiger partial charge in [-0.3, -0.25) is 9.58 Å². The number of aryl methyl sites for hydroxylation is 2. The molecule has 6 nitrogen and oxygen atoms in total. The highest BCUT2D eigenvalue weighted by atomic mass is 16.5. The molecule has 1 heterocycles. The smallest absolute Gasteiger partial charge is 0.119 e. The minimum Gasteiger partial charge on any atom is -0.497 e. The van der Waals surface area contributed by atoms with Crippen LogP contribution in [0, 0.1) is 13.8 Å². The zero-order valence-electron chi connectivity index (χ0n) is 15.1. The molecular weight excluding hydrogens is 306 g/mol. The minimum atomic E-state index is -0.561. The molecule has 0 saturated heterocycles. The van der Waals surface area contributed by atoms with Gasteiger partial charge in [0.15, 0.2) is 0 Å². The average molecular weight is 333 g/mol. The van der Waals surface area contributed by atoms with Crippen molar-refractivity contribution < 1.29 is 14.6 Å². The molecule has 2 aromatic rings. The number of nitrogens with zero attached hydrogens (tertiary/aromatic N) is 3. The maximum absolute atomic E-state index is 10.2. The third-order valence-corrected chi connectivity index (χ3v) is 4.11. The van der Waals surface area contributed by atoms with Crippen molar-refractivity contribution in [3.8, 4) is 11.5 Å². The lowest BCUT2D eigenvalue weighted by Crippen LogP contribution is -2.33. The predicted octanol–water partition coefficient (Wildman–Crippen LogP) is 1.92. The second-order valence-electron chi connectivity index (χ2n) is 6.11. The molecular formula is C18H27N3O3. The van der Waals surface area contributed by atoms with Crippen LogP contribution in [0.25, 0.3) is 0 Å². The topological polar surface area (TPSA) is 59.8 Å². The Morgan fingerprint density at radius 3 is 2.38 bits per heavy atom. The Balaban J connectivity index is 1.81. The van der Waals surface area contributed by atoms with E-state index in [4.69, 9.17) is 9.47 Å². The summed E-state index contributed by atoms with van der Waals surface area (Å²) in [6, 6.07) is 7.33. The zero-order chi connectivity index (χ0) is 17.7. The van der Waals surface area contributed by atoms with E-state index in [1.54, 1.807) is 7.11 Å². The predicted molar refractivity (Wildman–Crippen MR) is 93.5 cm³/mol. The SMILES string of the molecule is COc1ccc(OC[C@H](O)CN(C)Cc2c(C)nn(C)c2C)cc1. The number of ether oxygens (including phenoxy) is 2. The molecule has 24 heavy (non-hydrogen) atoms. The van der Waals surface area contributed by atoms with E-state index in [-0.39, 0.29) is 6.61 Å². The van der Waals surface area contributed by atoms with Gasteiger partial charge >= 0.3 is 0 Å². The second kappa shape index (κ2) is 8.17. The fourth-order valence-electron chi connectivity index (χ4n) is 2.66. The van der Waals surface area contributed by atoms with E-state index in [1.165, 1.54) is 5.56 Å². The quantitative estimate of drug-likeness (QED) is 0.800. The summed E-state index contributed by atoms with van der Waals surface area (Å²) < 4.78 is 12.6. The lowest BCUT2D eigenvalue weighted by atomic mass is 10.2. The van der Waals surface area contributed by atoms with Gasteiger partial charge in [0.25, 0.3) is 0 Å². The number of aliphatic hydroxyl groups is 1. The molecule has 0 spiro atoms. The van der Waals surface area contributed by atoms with Gasteiger partial charge in [-0.25, -0.2) is 0 Å². The van der Waals surface area contributed by atoms with E-state index < -0.39 is 6.10 Å². The van der Waals surface area contributed by atoms with Crippen molar-refractivity contribution in [3.05, 3.63) is 41.2 Å². The number of aliphatic hydroxyl groups excluding tert-OH is 1. The van der Waals surface area contributed by atoms with E-state index in [0.29, 0.717) is 6.54 Å². The maximum atomic E-state index is 10.2. The third kappa shape index (κ3) is 4.72. The number of benzene rings is 1. The van der Waals surface area contributed by atoms with Crippen LogP contribution in [-0.2, 0) is 13.6 Å². The van der Waals surface area contributed by atoms with Crippen molar-refractivity contribution in [3.63, 3.8) is 0 Å². The number of methoxy groups -OCH3 is 1. The summed E-state index contributed by atoms with van der Waals surface area (Å²) in [5.41, 5.74) is 3.40. The summed E-state index contributed by atoms with van der Waals surface area (Å²) in [5, 5.41) is 14.6. The molecule has 0 aliphatic rings. The lowest BCUT2D eigenvalue weighted by molar-refractivity contribution is 0.0742. The minimum absolute atomic E-state index is 0.252. The first kappa shape index (κ1) is 18.3. The summed E-state index contributed by atoms with van der Waals surface area (Å²) in [4.78, 5) is 2.08. The molecule has 1 atom stereocenters. The van der Waals surface area contributed by atoms with Crippen molar-refractivity contribution in [1.82, 2.24) is 14.7 Å². The van der Waals surface area contributed by atoms with Crippen molar-refractivity contribution >= 4 is 0 Å². The highest BCUT2D eigenvalue weighted by molar-refractivity contribution is 5.31. The van der Waals surface area contributed by atoms with E-state index >= 15 is 0 Å². The summed E-state index contributed by atoms with van der Waals surface area (Å²) in [5.74, 6) is 1.50. The fourth-order valence-corrected chi connectivity index (χ4v) is 2.66. The number of likely N-dealkylation sites (N-methyl/N-ethyl adjacent to an activating group) is 1. The van der Waals surface area contributed by atoms with Gasteiger partial charge in [0, 0.05) is 31.4 Å². The van der Waals surface area contributed by atoms with Crippen molar-refractivity contribution in [1.29, 1.82) is 0 Å². The van der Waals surface area contributed by atoms with E-state index in [0.717, 1.165) is 29.4 Å². The average Bonchev–Trinajstić information content (AvgIpc) is 2.79. The first-order chi connectivity index (χ1) is 11.4. The summed E-state index contributed by atoms with van der Waals surface area (Å²) in [6.45, 7) is 5.61. The van der Waals surface area contributed by atoms with E-state index in [1.807, 2.05) is 50.0 Å². The Morgan fingerprint density at radius 2 is 1.83 bits per heavy atom. The normalized spacial score (nSPS) is 12.5. The van der Waals surface area contributed by atoms with Crippen LogP contribution < -0.4 is 9.47 Å². The standard InChI is InChI=1S/C18H27N3O3/c1-13-18(14(2)21(4)19-13)11-20(3)10-15(22)12-24-17-8-6-16(23-5)7-9-17/h6-9,15,22H,10-12H2,1-5H3/t15-/m1/s1. The Morgan fingerprint density at radius 1 is 1.21 bits per heavy atom. The molecule has 1 aromatic carbocycles. The van der Waals surface area contributed by atoms with Crippen LogP contribution in [0.2, 0.25) is 0 Å². The number of hydrogen-bond donors (Lipinski definition) is 1. The highest BCUT2D eigenvalue weighted by Gasteiger charge is 2.14. The van der Waals surface area contributed by atoms with Crippen molar-refractivity contribution in [2.24, 2.45) is 7.05 Å². The Labute approximate surface area is 143 Å². The van der Waals surface area contributed by atoms with Gasteiger partial charge < -0.3 is 14.6 Å². The number of aromatic nitrogens is 2. The molecule has 0 saturated carbocycles. The lowest BCUT2D eigenvalue weighted by Gasteiger charge is -2.21. The summed E-state index contributed by atoms with van der Waals surface area (Å²) >= 11 is 0. The summed E-state index contributed by atoms with van der Waals surface area (Å²) in [6.07, 6.45) is -0.561. The van der Waals surface area contributed by atoms with Crippen LogP contribution in [0.15, 0.2) is 24.3 Å². The Hall–Kier alpha value is -2.05. The van der Waals surface area contributed by atoms with Crippen LogP contribution in [-0.4, -0.2) is 53.2 Å². The first-order valence-corrected chi connectivity index (χ1v) is 8.03. The van der Waals surface area contributed by atoms with Crippen LogP contribution >= 0.6 is 0 Å². The van der Waals surface area contributed by atoms with Crippen molar-refractivity contribution in [2.45, 2.75) is 26.5 Å². The van der Waals surface area contributed by atoms with Gasteiger partial charge in [0.1, 0.15) is 24.2 Å². The number of rotatable bonds is 8. The van der Waals surface area contributed by atoms with Gasteiger partial charge in [0.05, 0.1) is 12.8 Å². The molecule has 132 valence electrons. The van der Waals surface area contributed by atoms with Crippen molar-refractivity contribution in [2.75, 3.05) is 27.3 Å². The summed E-state index contributed by atoms with van der Waals surface area (Å²) in [7, 11) is 5.56. The van der Waals surface area contributed by atoms with Crippen LogP contribution in [0.4, 0.5) is 0 Å². The maximum Gasteiger partial charge on any atom is 0.119 e. The zero-order valence-corrected chi connectivity index (χ0v) is 15.1. The van der Waals surface area contributed by atoms with Gasteiger partial charge in [0.2, 0.25) is 0 Å². The number of hydrogen-bond acceptors (Lipinski definition) is 5. The Bertz CT molecular complexity index is 652. The third-order valence-electron chi connectivity index (χ3n) is 4.11. The highest BCUT2D eigenvalue weighted by Crippen LogP contribution is 2.17. The fraction of sp³-hybridized carbons (Fsp3) is 0.500. The first-order valence-electron chi connectivity index (χ1n) is 8.03. The van der Waals surface area contributed by atoms with E-state index in [9.17, 15) is 5.11 Å². The molecule has 0 unspecified atom stereocenters. The monoisotopic (exact) mass is 333 g/mol. The van der Waals surface area contributed by atoms with Crippen LogP contribution in [0.5, 0.6) is 11.5 Å². The molecule has 2 rings (SSSR count). The Kier molecular flexibility index (Phi) is 6.23. The van der Waals surface area contributed by atoms with Crippen LogP contribution in [0.1, 0.15) is 17.0 Å². The largest absolute Gasteiger partial charge is 0.497 e. The second-order valence-corrected chi connectivity index (χ2v) is 6.11. The van der Waals surface area contributed by atoms with Crippen LogP contribution in [0.3, 0.4) is 0 Å². The molecule has 6 heteroatoms. The van der Waals surface area contributed by atoms with Gasteiger partial charge in [-0.2, -0.15) is 5.10 Å². The molecule has 0 fully saturated rings. The molecule has 1 N–H and O–H groups in total.